The van der Waals surface area contributed by atoms with Crippen molar-refractivity contribution >= 4 is 11.6 Å². The minimum Gasteiger partial charge on any atom is -0.385 e. The maximum atomic E-state index is 11.6. The number of benzene rings is 2. The van der Waals surface area contributed by atoms with E-state index in [4.69, 9.17) is 16.3 Å². The predicted molar refractivity (Wildman–Crippen MR) is 107 cm³/mol. The van der Waals surface area contributed by atoms with Crippen molar-refractivity contribution in [2.75, 3.05) is 32.8 Å². The van der Waals surface area contributed by atoms with E-state index in [1.54, 1.807) is 0 Å². The molecule has 1 N–H and O–H groups in total. The van der Waals surface area contributed by atoms with E-state index in [9.17, 15) is 5.11 Å². The molecule has 2 aromatic carbocycles. The fourth-order valence-electron chi connectivity index (χ4n) is 3.62. The first-order valence-electron chi connectivity index (χ1n) is 9.38. The number of aryl methyl sites for hydroxylation is 1. The number of morpholine rings is 1. The summed E-state index contributed by atoms with van der Waals surface area (Å²) in [5.74, 6) is -0.0506. The highest BCUT2D eigenvalue weighted by atomic mass is 35.5. The van der Waals surface area contributed by atoms with Gasteiger partial charge in [0.05, 0.1) is 18.8 Å². The molecule has 3 rings (SSSR count). The van der Waals surface area contributed by atoms with E-state index >= 15 is 0 Å². The standard InChI is InChI=1S/C22H28ClNO2/c1-3-17-4-8-19(9-5-17)22(2,25)21(16-24-12-14-26-15-13-24)18-6-10-20(23)11-7-18/h4-11,21,25H,3,12-16H2,1-2H3. The third-order valence-electron chi connectivity index (χ3n) is 5.44. The molecule has 0 saturated carbocycles. The first-order valence-corrected chi connectivity index (χ1v) is 9.76. The van der Waals surface area contributed by atoms with Crippen molar-refractivity contribution in [3.8, 4) is 0 Å². The monoisotopic (exact) mass is 373 g/mol. The van der Waals surface area contributed by atoms with Gasteiger partial charge in [-0.05, 0) is 42.2 Å². The zero-order valence-electron chi connectivity index (χ0n) is 15.6. The highest BCUT2D eigenvalue weighted by Gasteiger charge is 2.36. The second-order valence-electron chi connectivity index (χ2n) is 7.22. The molecule has 0 aromatic heterocycles. The molecule has 1 aliphatic heterocycles. The van der Waals surface area contributed by atoms with Crippen LogP contribution >= 0.6 is 11.6 Å². The lowest BCUT2D eigenvalue weighted by Gasteiger charge is -2.38. The van der Waals surface area contributed by atoms with Crippen LogP contribution in [0.1, 0.15) is 36.5 Å². The molecule has 0 spiro atoms. The molecule has 2 unspecified atom stereocenters. The molecule has 3 nitrogen and oxygen atoms in total. The Kier molecular flexibility index (Phi) is 6.36. The topological polar surface area (TPSA) is 32.7 Å². The van der Waals surface area contributed by atoms with Crippen molar-refractivity contribution in [1.29, 1.82) is 0 Å². The Morgan fingerprint density at radius 1 is 1.08 bits per heavy atom. The van der Waals surface area contributed by atoms with Crippen LogP contribution in [0.25, 0.3) is 0 Å². The summed E-state index contributed by atoms with van der Waals surface area (Å²) >= 11 is 6.08. The molecule has 1 saturated heterocycles. The van der Waals surface area contributed by atoms with Crippen LogP contribution in [0.5, 0.6) is 0 Å². The van der Waals surface area contributed by atoms with Crippen LogP contribution in [0.15, 0.2) is 48.5 Å². The lowest BCUT2D eigenvalue weighted by atomic mass is 9.78. The van der Waals surface area contributed by atoms with Crippen LogP contribution in [0, 0.1) is 0 Å². The van der Waals surface area contributed by atoms with Gasteiger partial charge in [-0.1, -0.05) is 54.9 Å². The van der Waals surface area contributed by atoms with E-state index in [2.05, 4.69) is 36.1 Å². The fourth-order valence-corrected chi connectivity index (χ4v) is 3.75. The van der Waals surface area contributed by atoms with E-state index in [1.165, 1.54) is 5.56 Å². The highest BCUT2D eigenvalue weighted by molar-refractivity contribution is 6.30. The molecule has 1 aliphatic rings. The van der Waals surface area contributed by atoms with E-state index in [0.29, 0.717) is 5.02 Å². The van der Waals surface area contributed by atoms with Crippen molar-refractivity contribution in [3.05, 3.63) is 70.2 Å². The van der Waals surface area contributed by atoms with Gasteiger partial charge in [0.1, 0.15) is 0 Å². The maximum Gasteiger partial charge on any atom is 0.0949 e. The van der Waals surface area contributed by atoms with Crippen molar-refractivity contribution < 1.29 is 9.84 Å². The number of hydrogen-bond acceptors (Lipinski definition) is 3. The SMILES string of the molecule is CCc1ccc(C(C)(O)C(CN2CCOCC2)c2ccc(Cl)cc2)cc1. The maximum absolute atomic E-state index is 11.6. The Hall–Kier alpha value is -1.39. The zero-order valence-corrected chi connectivity index (χ0v) is 16.4. The summed E-state index contributed by atoms with van der Waals surface area (Å²) in [6.45, 7) is 8.15. The van der Waals surface area contributed by atoms with Crippen LogP contribution in [0.2, 0.25) is 5.02 Å². The summed E-state index contributed by atoms with van der Waals surface area (Å²) in [4.78, 5) is 2.37. The summed E-state index contributed by atoms with van der Waals surface area (Å²) in [6, 6.07) is 16.2. The molecule has 0 bridgehead atoms. The third kappa shape index (κ3) is 4.47. The molecule has 0 radical (unpaired) electrons. The second kappa shape index (κ2) is 8.53. The minimum absolute atomic E-state index is 0.0506. The van der Waals surface area contributed by atoms with Gasteiger partial charge in [-0.15, -0.1) is 0 Å². The number of aliphatic hydroxyl groups is 1. The van der Waals surface area contributed by atoms with Gasteiger partial charge < -0.3 is 9.84 Å². The third-order valence-corrected chi connectivity index (χ3v) is 5.69. The molecular formula is C22H28ClNO2. The fraction of sp³-hybridized carbons (Fsp3) is 0.455. The van der Waals surface area contributed by atoms with Gasteiger partial charge in [-0.2, -0.15) is 0 Å². The van der Waals surface area contributed by atoms with Crippen molar-refractivity contribution in [3.63, 3.8) is 0 Å². The zero-order chi connectivity index (χ0) is 18.6. The number of nitrogens with zero attached hydrogens (tertiary/aromatic N) is 1. The lowest BCUT2D eigenvalue weighted by Crippen LogP contribution is -2.43. The predicted octanol–water partition coefficient (Wildman–Crippen LogP) is 4.23. The van der Waals surface area contributed by atoms with Gasteiger partial charge in [0.25, 0.3) is 0 Å². The summed E-state index contributed by atoms with van der Waals surface area (Å²) < 4.78 is 5.48. The first-order chi connectivity index (χ1) is 12.5. The van der Waals surface area contributed by atoms with E-state index in [-0.39, 0.29) is 5.92 Å². The van der Waals surface area contributed by atoms with Crippen LogP contribution in [-0.4, -0.2) is 42.9 Å². The summed E-state index contributed by atoms with van der Waals surface area (Å²) in [7, 11) is 0. The largest absolute Gasteiger partial charge is 0.385 e. The number of hydrogen-bond donors (Lipinski definition) is 1. The first kappa shape index (κ1) is 19.4. The molecule has 140 valence electrons. The summed E-state index contributed by atoms with van der Waals surface area (Å²) in [6.07, 6.45) is 0.997. The van der Waals surface area contributed by atoms with Gasteiger partial charge in [-0.25, -0.2) is 0 Å². The Bertz CT molecular complexity index is 691. The lowest BCUT2D eigenvalue weighted by molar-refractivity contribution is -0.0107. The van der Waals surface area contributed by atoms with Gasteiger partial charge in [0.15, 0.2) is 0 Å². The Balaban J connectivity index is 1.92. The summed E-state index contributed by atoms with van der Waals surface area (Å²) in [5.41, 5.74) is 2.35. The number of rotatable bonds is 6. The quantitative estimate of drug-likeness (QED) is 0.822. The Labute approximate surface area is 161 Å². The normalized spacial score (nSPS) is 19.1. The van der Waals surface area contributed by atoms with E-state index < -0.39 is 5.60 Å². The molecule has 1 fully saturated rings. The summed E-state index contributed by atoms with van der Waals surface area (Å²) in [5, 5.41) is 12.3. The highest BCUT2D eigenvalue weighted by Crippen LogP contribution is 2.38. The van der Waals surface area contributed by atoms with Gasteiger partial charge in [-0.3, -0.25) is 4.90 Å². The average Bonchev–Trinajstić information content (AvgIpc) is 2.68. The molecule has 2 aromatic rings. The average molecular weight is 374 g/mol. The van der Waals surface area contributed by atoms with Crippen LogP contribution in [-0.2, 0) is 16.8 Å². The van der Waals surface area contributed by atoms with E-state index in [1.807, 2.05) is 31.2 Å². The number of ether oxygens (including phenoxy) is 1. The smallest absolute Gasteiger partial charge is 0.0949 e. The van der Waals surface area contributed by atoms with Crippen molar-refractivity contribution in [1.82, 2.24) is 4.90 Å². The molecule has 0 aliphatic carbocycles. The molecular weight excluding hydrogens is 346 g/mol. The molecule has 2 atom stereocenters. The molecule has 4 heteroatoms. The van der Waals surface area contributed by atoms with Gasteiger partial charge >= 0.3 is 0 Å². The van der Waals surface area contributed by atoms with Gasteiger partial charge in [0.2, 0.25) is 0 Å². The van der Waals surface area contributed by atoms with Crippen molar-refractivity contribution in [2.24, 2.45) is 0 Å². The molecule has 0 amide bonds. The van der Waals surface area contributed by atoms with Crippen molar-refractivity contribution in [2.45, 2.75) is 31.8 Å². The van der Waals surface area contributed by atoms with Crippen LogP contribution in [0.4, 0.5) is 0 Å². The second-order valence-corrected chi connectivity index (χ2v) is 7.65. The Morgan fingerprint density at radius 3 is 2.27 bits per heavy atom. The minimum atomic E-state index is -0.974. The molecule has 26 heavy (non-hydrogen) atoms. The van der Waals surface area contributed by atoms with Gasteiger partial charge in [0, 0.05) is 30.6 Å². The Morgan fingerprint density at radius 2 is 1.69 bits per heavy atom. The van der Waals surface area contributed by atoms with Crippen LogP contribution < -0.4 is 0 Å². The van der Waals surface area contributed by atoms with E-state index in [0.717, 1.165) is 50.4 Å². The number of halogens is 1. The molecule has 1 heterocycles. The van der Waals surface area contributed by atoms with Crippen LogP contribution in [0.3, 0.4) is 0 Å².